The first-order chi connectivity index (χ1) is 12.6. The zero-order valence-electron chi connectivity index (χ0n) is 16.2. The van der Waals surface area contributed by atoms with Crippen molar-refractivity contribution in [2.45, 2.75) is 46.6 Å². The second kappa shape index (κ2) is 8.24. The maximum Gasteiger partial charge on any atom is 0.340 e. The van der Waals surface area contributed by atoms with Crippen molar-refractivity contribution in [2.24, 2.45) is 5.92 Å². The average Bonchev–Trinajstić information content (AvgIpc) is 2.58. The van der Waals surface area contributed by atoms with Gasteiger partial charge in [-0.2, -0.15) is 0 Å². The van der Waals surface area contributed by atoms with E-state index in [1.807, 2.05) is 13.8 Å². The number of benzene rings is 1. The van der Waals surface area contributed by atoms with Gasteiger partial charge in [-0.1, -0.05) is 13.8 Å². The first-order valence-corrected chi connectivity index (χ1v) is 8.77. The summed E-state index contributed by atoms with van der Waals surface area (Å²) in [5, 5.41) is 12.5. The molecule has 1 aromatic carbocycles. The number of carboxylic acids is 1. The molecule has 146 valence electrons. The highest BCUT2D eigenvalue weighted by molar-refractivity contribution is 5.88. The summed E-state index contributed by atoms with van der Waals surface area (Å²) in [5.74, 6) is -0.907. The molecule has 2 rings (SSSR count). The molecule has 0 fully saturated rings. The second-order valence-electron chi connectivity index (χ2n) is 7.03. The van der Waals surface area contributed by atoms with Crippen LogP contribution in [-0.2, 0) is 16.0 Å². The van der Waals surface area contributed by atoms with Gasteiger partial charge in [-0.3, -0.25) is 4.79 Å². The Kier molecular flexibility index (Phi) is 6.25. The van der Waals surface area contributed by atoms with Gasteiger partial charge in [0, 0.05) is 10.9 Å². The minimum atomic E-state index is -1.10. The number of rotatable bonds is 7. The minimum Gasteiger partial charge on any atom is -0.496 e. The van der Waals surface area contributed by atoms with Crippen molar-refractivity contribution < 1.29 is 23.8 Å². The van der Waals surface area contributed by atoms with E-state index in [0.29, 0.717) is 34.3 Å². The largest absolute Gasteiger partial charge is 0.496 e. The smallest absolute Gasteiger partial charge is 0.340 e. The zero-order valence-corrected chi connectivity index (χ0v) is 16.2. The Morgan fingerprint density at radius 3 is 2.44 bits per heavy atom. The van der Waals surface area contributed by atoms with Crippen LogP contribution in [0.2, 0.25) is 0 Å². The third-order valence-corrected chi connectivity index (χ3v) is 4.55. The van der Waals surface area contributed by atoms with E-state index < -0.39 is 23.5 Å². The molecule has 0 aliphatic carbocycles. The minimum absolute atomic E-state index is 0.108. The fraction of sp³-hybridized carbons (Fsp3) is 0.450. The van der Waals surface area contributed by atoms with Crippen molar-refractivity contribution in [2.75, 3.05) is 7.11 Å². The summed E-state index contributed by atoms with van der Waals surface area (Å²) < 4.78 is 10.7. The van der Waals surface area contributed by atoms with Crippen LogP contribution in [0.5, 0.6) is 5.75 Å². The predicted molar refractivity (Wildman–Crippen MR) is 101 cm³/mol. The molecule has 27 heavy (non-hydrogen) atoms. The molecule has 0 aliphatic rings. The summed E-state index contributed by atoms with van der Waals surface area (Å²) in [6.07, 6.45) is 0.0719. The predicted octanol–water partition coefficient (Wildman–Crippen LogP) is 2.58. The number of nitrogens with one attached hydrogen (secondary N) is 1. The molecule has 0 saturated heterocycles. The van der Waals surface area contributed by atoms with Gasteiger partial charge in [0.25, 0.3) is 0 Å². The van der Waals surface area contributed by atoms with E-state index >= 15 is 0 Å². The molecule has 0 aliphatic heterocycles. The third-order valence-electron chi connectivity index (χ3n) is 4.55. The first kappa shape index (κ1) is 20.5. The van der Waals surface area contributed by atoms with Gasteiger partial charge in [0.05, 0.1) is 19.1 Å². The Bertz CT molecular complexity index is 928. The maximum absolute atomic E-state index is 12.4. The number of carboxylic acid groups (broad SMARTS) is 1. The van der Waals surface area contributed by atoms with Gasteiger partial charge in [-0.05, 0) is 43.9 Å². The maximum atomic E-state index is 12.4. The van der Waals surface area contributed by atoms with Crippen molar-refractivity contribution in [3.63, 3.8) is 0 Å². The fourth-order valence-corrected chi connectivity index (χ4v) is 3.10. The van der Waals surface area contributed by atoms with Crippen molar-refractivity contribution in [3.05, 3.63) is 39.2 Å². The molecule has 2 aromatic rings. The number of methoxy groups -OCH3 is 1. The van der Waals surface area contributed by atoms with Gasteiger partial charge < -0.3 is 19.6 Å². The number of aliphatic carboxylic acids is 1. The quantitative estimate of drug-likeness (QED) is 0.721. The lowest BCUT2D eigenvalue weighted by Crippen LogP contribution is -2.42. The second-order valence-corrected chi connectivity index (χ2v) is 7.03. The van der Waals surface area contributed by atoms with Crippen LogP contribution in [0.25, 0.3) is 11.0 Å². The molecular weight excluding hydrogens is 350 g/mol. The number of fused-ring (bicyclic) bond motifs is 1. The van der Waals surface area contributed by atoms with Crippen LogP contribution in [-0.4, -0.2) is 30.1 Å². The number of carbonyl (C=O) groups is 2. The van der Waals surface area contributed by atoms with Crippen molar-refractivity contribution in [3.8, 4) is 5.75 Å². The van der Waals surface area contributed by atoms with E-state index in [2.05, 4.69) is 5.32 Å². The molecule has 7 heteroatoms. The highest BCUT2D eigenvalue weighted by Gasteiger charge is 2.23. The Balaban J connectivity index is 2.35. The van der Waals surface area contributed by atoms with Gasteiger partial charge in [-0.15, -0.1) is 0 Å². The lowest BCUT2D eigenvalue weighted by atomic mass is 10.0. The van der Waals surface area contributed by atoms with E-state index in [0.717, 1.165) is 0 Å². The Morgan fingerprint density at radius 1 is 1.22 bits per heavy atom. The molecule has 0 radical (unpaired) electrons. The van der Waals surface area contributed by atoms with Crippen LogP contribution in [0.1, 0.15) is 37.0 Å². The van der Waals surface area contributed by atoms with Gasteiger partial charge in [0.2, 0.25) is 5.91 Å². The van der Waals surface area contributed by atoms with Crippen LogP contribution in [0.15, 0.2) is 21.3 Å². The molecule has 0 unspecified atom stereocenters. The zero-order chi connectivity index (χ0) is 20.3. The van der Waals surface area contributed by atoms with E-state index in [4.69, 9.17) is 9.15 Å². The number of hydrogen-bond acceptors (Lipinski definition) is 5. The molecule has 0 spiro atoms. The summed E-state index contributed by atoms with van der Waals surface area (Å²) >= 11 is 0. The van der Waals surface area contributed by atoms with Crippen LogP contribution >= 0.6 is 0 Å². The number of hydrogen-bond donors (Lipinski definition) is 2. The van der Waals surface area contributed by atoms with E-state index in [-0.39, 0.29) is 17.9 Å². The standard InChI is InChI=1S/C20H25NO6/c1-10(2)8-15(19(23)24)21-17(22)9-14-11(3)13-6-7-16(26-5)12(4)18(13)27-20(14)25/h6-7,10,15H,8-9H2,1-5H3,(H,21,22)(H,23,24)/t15-/m0/s1. The number of aryl methyl sites for hydroxylation is 2. The summed E-state index contributed by atoms with van der Waals surface area (Å²) in [7, 11) is 1.54. The van der Waals surface area contributed by atoms with Crippen LogP contribution in [0.4, 0.5) is 0 Å². The summed E-state index contributed by atoms with van der Waals surface area (Å²) in [4.78, 5) is 36.1. The molecule has 2 N–H and O–H groups in total. The number of ether oxygens (including phenoxy) is 1. The first-order valence-electron chi connectivity index (χ1n) is 8.77. The molecule has 1 heterocycles. The van der Waals surface area contributed by atoms with Crippen molar-refractivity contribution >= 4 is 22.8 Å². The van der Waals surface area contributed by atoms with E-state index in [1.165, 1.54) is 7.11 Å². The number of amides is 1. The fourth-order valence-electron chi connectivity index (χ4n) is 3.10. The summed E-state index contributed by atoms with van der Waals surface area (Å²) in [5.41, 5.74) is 1.37. The van der Waals surface area contributed by atoms with E-state index in [9.17, 15) is 19.5 Å². The van der Waals surface area contributed by atoms with Gasteiger partial charge in [0.15, 0.2) is 0 Å². The van der Waals surface area contributed by atoms with Crippen LogP contribution in [0.3, 0.4) is 0 Å². The lowest BCUT2D eigenvalue weighted by Gasteiger charge is -2.17. The molecule has 1 atom stereocenters. The van der Waals surface area contributed by atoms with Gasteiger partial charge in [-0.25, -0.2) is 9.59 Å². The molecule has 7 nitrogen and oxygen atoms in total. The van der Waals surface area contributed by atoms with Gasteiger partial charge >= 0.3 is 11.6 Å². The number of carbonyl (C=O) groups excluding carboxylic acids is 1. The summed E-state index contributed by atoms with van der Waals surface area (Å²) in [6.45, 7) is 7.29. The summed E-state index contributed by atoms with van der Waals surface area (Å²) in [6, 6.07) is 2.56. The van der Waals surface area contributed by atoms with Crippen LogP contribution < -0.4 is 15.7 Å². The molecule has 1 amide bonds. The van der Waals surface area contributed by atoms with Crippen molar-refractivity contribution in [1.29, 1.82) is 0 Å². The highest BCUT2D eigenvalue weighted by atomic mass is 16.5. The molecular formula is C20H25NO6. The molecule has 1 aromatic heterocycles. The van der Waals surface area contributed by atoms with Gasteiger partial charge in [0.1, 0.15) is 17.4 Å². The lowest BCUT2D eigenvalue weighted by molar-refractivity contribution is -0.142. The third kappa shape index (κ3) is 4.48. The topological polar surface area (TPSA) is 106 Å². The van der Waals surface area contributed by atoms with E-state index in [1.54, 1.807) is 26.0 Å². The average molecular weight is 375 g/mol. The van der Waals surface area contributed by atoms with Crippen molar-refractivity contribution in [1.82, 2.24) is 5.32 Å². The highest BCUT2D eigenvalue weighted by Crippen LogP contribution is 2.29. The normalized spacial score (nSPS) is 12.2. The molecule has 0 bridgehead atoms. The Hall–Kier alpha value is -2.83. The van der Waals surface area contributed by atoms with Crippen LogP contribution in [0, 0.1) is 19.8 Å². The Labute approximate surface area is 157 Å². The SMILES string of the molecule is COc1ccc2c(C)c(CC(=O)N[C@@H](CC(C)C)C(=O)O)c(=O)oc2c1C. The Morgan fingerprint density at radius 2 is 1.89 bits per heavy atom. The molecule has 0 saturated carbocycles. The monoisotopic (exact) mass is 375 g/mol.